The lowest BCUT2D eigenvalue weighted by Crippen LogP contribution is -2.30. The molecule has 0 saturated heterocycles. The van der Waals surface area contributed by atoms with Gasteiger partial charge in [-0.25, -0.2) is 9.97 Å². The van der Waals surface area contributed by atoms with Gasteiger partial charge < -0.3 is 5.32 Å². The summed E-state index contributed by atoms with van der Waals surface area (Å²) in [5.41, 5.74) is 4.83. The molecule has 0 atom stereocenters. The summed E-state index contributed by atoms with van der Waals surface area (Å²) in [5.74, 6) is -0.942. The van der Waals surface area contributed by atoms with Crippen LogP contribution in [-0.4, -0.2) is 20.8 Å². The van der Waals surface area contributed by atoms with E-state index in [2.05, 4.69) is 26.1 Å². The van der Waals surface area contributed by atoms with Gasteiger partial charge in [0.1, 0.15) is 6.33 Å². The molecule has 0 fully saturated rings. The maximum Gasteiger partial charge on any atom is 0.355 e. The van der Waals surface area contributed by atoms with Crippen molar-refractivity contribution in [2.45, 2.75) is 0 Å². The lowest BCUT2D eigenvalue weighted by molar-refractivity contribution is -0.383. The maximum absolute atomic E-state index is 12.2. The number of amides is 1. The van der Waals surface area contributed by atoms with Crippen molar-refractivity contribution in [3.05, 3.63) is 79.5 Å². The first-order chi connectivity index (χ1) is 13.9. The molecule has 3 N–H and O–H groups in total. The Morgan fingerprint density at radius 1 is 1.03 bits per heavy atom. The van der Waals surface area contributed by atoms with Crippen LogP contribution in [-0.2, 0) is 0 Å². The zero-order valence-corrected chi connectivity index (χ0v) is 16.6. The molecule has 29 heavy (non-hydrogen) atoms. The molecule has 9 nitrogen and oxygen atoms in total. The minimum absolute atomic E-state index is 0.145. The number of benzene rings is 2. The Kier molecular flexibility index (Phi) is 6.32. The van der Waals surface area contributed by atoms with E-state index < -0.39 is 16.5 Å². The third kappa shape index (κ3) is 4.83. The largest absolute Gasteiger partial charge is 0.355 e. The Hall–Kier alpha value is -3.14. The molecule has 0 aliphatic carbocycles. The zero-order chi connectivity index (χ0) is 21.0. The van der Waals surface area contributed by atoms with Crippen LogP contribution in [0.3, 0.4) is 0 Å². The van der Waals surface area contributed by atoms with Crippen LogP contribution in [0.15, 0.2) is 48.8 Å². The minimum atomic E-state index is -0.700. The number of nitrogens with one attached hydrogen (secondary N) is 3. The number of aromatic nitrogens is 2. The molecule has 0 radical (unpaired) electrons. The minimum Gasteiger partial charge on any atom is -0.333 e. The van der Waals surface area contributed by atoms with Crippen LogP contribution in [0.5, 0.6) is 0 Å². The van der Waals surface area contributed by atoms with Crippen molar-refractivity contribution in [2.24, 2.45) is 0 Å². The molecule has 0 aliphatic rings. The van der Waals surface area contributed by atoms with Gasteiger partial charge in [0.05, 0.1) is 20.7 Å². The molecule has 3 aromatic rings. The first-order valence-corrected chi connectivity index (χ1v) is 9.02. The number of carbonyl (C=O) groups is 1. The molecule has 0 saturated carbocycles. The number of rotatable bonds is 6. The monoisotopic (exact) mass is 452 g/mol. The molecule has 12 heteroatoms. The Morgan fingerprint density at radius 3 is 2.48 bits per heavy atom. The van der Waals surface area contributed by atoms with Gasteiger partial charge in [-0.3, -0.25) is 25.8 Å². The van der Waals surface area contributed by atoms with Crippen LogP contribution < -0.4 is 16.2 Å². The Bertz CT molecular complexity index is 1100. The van der Waals surface area contributed by atoms with E-state index in [1.807, 2.05) is 0 Å². The van der Waals surface area contributed by atoms with Gasteiger partial charge in [0.2, 0.25) is 11.6 Å². The van der Waals surface area contributed by atoms with Gasteiger partial charge in [-0.1, -0.05) is 46.9 Å². The van der Waals surface area contributed by atoms with Crippen molar-refractivity contribution >= 4 is 63.7 Å². The Morgan fingerprint density at radius 2 is 1.76 bits per heavy atom. The molecule has 1 amide bonds. The summed E-state index contributed by atoms with van der Waals surface area (Å²) in [6.07, 6.45) is 1.08. The molecule has 1 aromatic heterocycles. The first kappa shape index (κ1) is 20.6. The van der Waals surface area contributed by atoms with E-state index in [1.54, 1.807) is 30.3 Å². The van der Waals surface area contributed by atoms with Gasteiger partial charge in [0.25, 0.3) is 5.91 Å². The van der Waals surface area contributed by atoms with Gasteiger partial charge in [0.15, 0.2) is 0 Å². The second-order valence-electron chi connectivity index (χ2n) is 5.49. The van der Waals surface area contributed by atoms with Gasteiger partial charge in [-0.05, 0) is 30.3 Å². The molecule has 1 heterocycles. The molecular formula is C17H11Cl3N6O3. The van der Waals surface area contributed by atoms with E-state index >= 15 is 0 Å². The first-order valence-electron chi connectivity index (χ1n) is 7.89. The molecule has 0 aliphatic heterocycles. The Balaban J connectivity index is 1.86. The van der Waals surface area contributed by atoms with E-state index in [-0.39, 0.29) is 27.2 Å². The number of hydrogen-bond acceptors (Lipinski definition) is 7. The smallest absolute Gasteiger partial charge is 0.333 e. The van der Waals surface area contributed by atoms with Gasteiger partial charge in [0, 0.05) is 10.6 Å². The summed E-state index contributed by atoms with van der Waals surface area (Å²) >= 11 is 17.9. The summed E-state index contributed by atoms with van der Waals surface area (Å²) < 4.78 is 0. The van der Waals surface area contributed by atoms with Crippen LogP contribution in [0.25, 0.3) is 0 Å². The third-order valence-corrected chi connectivity index (χ3v) is 4.64. The quantitative estimate of drug-likeness (QED) is 0.360. The van der Waals surface area contributed by atoms with Crippen LogP contribution in [0.2, 0.25) is 15.1 Å². The number of anilines is 3. The predicted molar refractivity (Wildman–Crippen MR) is 111 cm³/mol. The molecule has 148 valence electrons. The van der Waals surface area contributed by atoms with Crippen molar-refractivity contribution in [2.75, 3.05) is 10.7 Å². The van der Waals surface area contributed by atoms with Crippen molar-refractivity contribution in [3.8, 4) is 0 Å². The second-order valence-corrected chi connectivity index (χ2v) is 6.71. The standard InChI is InChI=1S/C17H11Cl3N6O3/c18-10-4-1-3-9(7-10)17(27)25-24-16-14(26(28)29)15(21-8-22-16)23-12-6-2-5-11(19)13(12)20/h1-8H,(H,25,27)(H2,21,22,23,24). The van der Waals surface area contributed by atoms with Gasteiger partial charge in [-0.15, -0.1) is 0 Å². The molecule has 3 rings (SSSR count). The average molecular weight is 454 g/mol. The lowest BCUT2D eigenvalue weighted by Gasteiger charge is -2.12. The molecule has 2 aromatic carbocycles. The number of halogens is 3. The van der Waals surface area contributed by atoms with Crippen molar-refractivity contribution in [1.29, 1.82) is 0 Å². The highest BCUT2D eigenvalue weighted by Crippen LogP contribution is 2.35. The van der Waals surface area contributed by atoms with Crippen LogP contribution in [0, 0.1) is 10.1 Å². The van der Waals surface area contributed by atoms with E-state index in [4.69, 9.17) is 34.8 Å². The van der Waals surface area contributed by atoms with Gasteiger partial charge >= 0.3 is 5.69 Å². The summed E-state index contributed by atoms with van der Waals surface area (Å²) in [4.78, 5) is 30.8. The number of nitrogens with zero attached hydrogens (tertiary/aromatic N) is 3. The SMILES string of the molecule is O=C(NNc1ncnc(Nc2cccc(Cl)c2Cl)c1[N+](=O)[O-])c1cccc(Cl)c1. The predicted octanol–water partition coefficient (Wildman–Crippen LogP) is 4.85. The fraction of sp³-hybridized carbons (Fsp3) is 0. The Labute approximate surface area is 179 Å². The lowest BCUT2D eigenvalue weighted by atomic mass is 10.2. The van der Waals surface area contributed by atoms with Crippen LogP contribution >= 0.6 is 34.8 Å². The van der Waals surface area contributed by atoms with Crippen LogP contribution in [0.4, 0.5) is 23.0 Å². The number of hydrazine groups is 1. The third-order valence-electron chi connectivity index (χ3n) is 3.59. The van der Waals surface area contributed by atoms with Crippen molar-refractivity contribution in [3.63, 3.8) is 0 Å². The summed E-state index contributed by atoms with van der Waals surface area (Å²) in [6, 6.07) is 11.0. The van der Waals surface area contributed by atoms with E-state index in [0.29, 0.717) is 10.7 Å². The molecular weight excluding hydrogens is 443 g/mol. The van der Waals surface area contributed by atoms with E-state index in [9.17, 15) is 14.9 Å². The second kappa shape index (κ2) is 8.91. The highest BCUT2D eigenvalue weighted by molar-refractivity contribution is 6.43. The fourth-order valence-electron chi connectivity index (χ4n) is 2.28. The van der Waals surface area contributed by atoms with Gasteiger partial charge in [-0.2, -0.15) is 0 Å². The summed E-state index contributed by atoms with van der Waals surface area (Å²) in [6.45, 7) is 0. The van der Waals surface area contributed by atoms with E-state index in [0.717, 1.165) is 6.33 Å². The normalized spacial score (nSPS) is 10.3. The number of carbonyl (C=O) groups excluding carboxylic acids is 1. The van der Waals surface area contributed by atoms with E-state index in [1.165, 1.54) is 12.1 Å². The average Bonchev–Trinajstić information content (AvgIpc) is 2.69. The maximum atomic E-state index is 12.2. The number of nitro groups is 1. The molecule has 0 bridgehead atoms. The fourth-order valence-corrected chi connectivity index (χ4v) is 2.82. The summed E-state index contributed by atoms with van der Waals surface area (Å²) in [5, 5.41) is 15.2. The topological polar surface area (TPSA) is 122 Å². The number of hydrogen-bond donors (Lipinski definition) is 3. The van der Waals surface area contributed by atoms with Crippen molar-refractivity contribution in [1.82, 2.24) is 15.4 Å². The molecule has 0 spiro atoms. The summed E-state index contributed by atoms with van der Waals surface area (Å²) in [7, 11) is 0. The van der Waals surface area contributed by atoms with Crippen LogP contribution in [0.1, 0.15) is 10.4 Å². The molecule has 0 unspecified atom stereocenters. The van der Waals surface area contributed by atoms with Crippen molar-refractivity contribution < 1.29 is 9.72 Å². The highest BCUT2D eigenvalue weighted by atomic mass is 35.5. The zero-order valence-electron chi connectivity index (χ0n) is 14.3. The highest BCUT2D eigenvalue weighted by Gasteiger charge is 2.24.